The summed E-state index contributed by atoms with van der Waals surface area (Å²) in [6, 6.07) is 14.1. The third-order valence-electron chi connectivity index (χ3n) is 7.96. The van der Waals surface area contributed by atoms with Crippen molar-refractivity contribution in [1.29, 1.82) is 0 Å². The van der Waals surface area contributed by atoms with Crippen LogP contribution in [-0.4, -0.2) is 15.9 Å². The number of aromatic nitrogens is 1. The Bertz CT molecular complexity index is 1700. The van der Waals surface area contributed by atoms with E-state index in [9.17, 15) is 23.1 Å². The molecule has 0 aliphatic carbocycles. The Morgan fingerprint density at radius 3 is 2.19 bits per heavy atom. The first-order valence-corrected chi connectivity index (χ1v) is 16.8. The van der Waals surface area contributed by atoms with Crippen LogP contribution >= 0.6 is 11.3 Å². The molecule has 2 heterocycles. The largest absolute Gasteiger partial charge is 0.512 e. The van der Waals surface area contributed by atoms with Gasteiger partial charge in [-0.05, 0) is 53.7 Å². The number of allylic oxidation sites excluding steroid dienone is 2. The van der Waals surface area contributed by atoms with Crippen molar-refractivity contribution < 1.29 is 44.5 Å². The number of ketones is 1. The Labute approximate surface area is 297 Å². The molecular formula is C39H47F3IrNO2S-. The van der Waals surface area contributed by atoms with Gasteiger partial charge in [0.1, 0.15) is 0 Å². The molecule has 1 unspecified atom stereocenters. The summed E-state index contributed by atoms with van der Waals surface area (Å²) >= 11 is 1.05. The molecule has 1 N–H and O–H groups in total. The molecule has 257 valence electrons. The first kappa shape index (κ1) is 38.6. The molecule has 3 nitrogen and oxygen atoms in total. The zero-order valence-electron chi connectivity index (χ0n) is 29.8. The number of hydrogen-bond donors (Lipinski definition) is 1. The van der Waals surface area contributed by atoms with E-state index in [0.717, 1.165) is 53.7 Å². The van der Waals surface area contributed by atoms with Gasteiger partial charge in [-0.1, -0.05) is 86.6 Å². The average molecular weight is 844 g/mol. The van der Waals surface area contributed by atoms with Gasteiger partial charge in [-0.15, -0.1) is 46.2 Å². The van der Waals surface area contributed by atoms with E-state index in [1.807, 2.05) is 65.8 Å². The minimum Gasteiger partial charge on any atom is -0.512 e. The van der Waals surface area contributed by atoms with Gasteiger partial charge in [0, 0.05) is 59.5 Å². The molecule has 0 aliphatic heterocycles. The number of rotatable bonds is 9. The van der Waals surface area contributed by atoms with Crippen LogP contribution in [0.25, 0.3) is 31.8 Å². The number of aryl methyl sites for hydroxylation is 2. The standard InChI is InChI=1S/C27H25F3NS.C12H22O2.Ir/c1-16-12-17(2)14-20(13-16)23-25-21(10-11-31-23)22(27(28,29)30)24(32-25)19-8-6-18(7-9-19)15-26(3,4)5;1-5-9(4)11(13)8-12(14)10(6-2)7-3;/h6-13H,15H2,1-5H3;8-10,13H,5-7H2,1-4H3;/q-1;;/b;11-8-;/i10D;;. The summed E-state index contributed by atoms with van der Waals surface area (Å²) in [7, 11) is 0. The van der Waals surface area contributed by atoms with Crippen LogP contribution in [0.2, 0.25) is 0 Å². The van der Waals surface area contributed by atoms with Crippen molar-refractivity contribution in [2.75, 3.05) is 0 Å². The van der Waals surface area contributed by atoms with Gasteiger partial charge in [0.25, 0.3) is 0 Å². The molecule has 4 aromatic rings. The van der Waals surface area contributed by atoms with Crippen molar-refractivity contribution in [3.63, 3.8) is 0 Å². The maximum absolute atomic E-state index is 14.3. The molecule has 0 saturated heterocycles. The quantitative estimate of drug-likeness (QED) is 0.104. The molecule has 8 heteroatoms. The van der Waals surface area contributed by atoms with Gasteiger partial charge in [0.2, 0.25) is 0 Å². The van der Waals surface area contributed by atoms with Crippen LogP contribution in [0, 0.1) is 37.2 Å². The molecule has 0 bridgehead atoms. The number of halogens is 3. The Morgan fingerprint density at radius 1 is 1.06 bits per heavy atom. The van der Waals surface area contributed by atoms with E-state index in [-0.39, 0.29) is 65.2 Å². The van der Waals surface area contributed by atoms with Crippen LogP contribution in [0.5, 0.6) is 0 Å². The average Bonchev–Trinajstić information content (AvgIpc) is 3.39. The van der Waals surface area contributed by atoms with E-state index < -0.39 is 11.7 Å². The fourth-order valence-electron chi connectivity index (χ4n) is 5.34. The molecular weight excluding hydrogens is 796 g/mol. The molecule has 0 amide bonds. The molecule has 4 rings (SSSR count). The minimum atomic E-state index is -4.60. The van der Waals surface area contributed by atoms with Crippen molar-refractivity contribution in [1.82, 2.24) is 4.98 Å². The van der Waals surface area contributed by atoms with Gasteiger partial charge < -0.3 is 10.1 Å². The van der Waals surface area contributed by atoms with Gasteiger partial charge in [-0.3, -0.25) is 4.79 Å². The summed E-state index contributed by atoms with van der Waals surface area (Å²) in [4.78, 5) is 16.1. The Kier molecular flexibility index (Phi) is 14.0. The predicted octanol–water partition coefficient (Wildman–Crippen LogP) is 12.1. The number of alkyl halides is 3. The second-order valence-corrected chi connectivity index (χ2v) is 14.3. The fourth-order valence-corrected chi connectivity index (χ4v) is 6.64. The first-order valence-electron chi connectivity index (χ1n) is 16.4. The summed E-state index contributed by atoms with van der Waals surface area (Å²) < 4.78 is 51.6. The molecule has 0 saturated carbocycles. The minimum absolute atomic E-state index is 0. The molecule has 2 aromatic carbocycles. The zero-order chi connectivity index (χ0) is 35.3. The third kappa shape index (κ3) is 10.9. The van der Waals surface area contributed by atoms with Crippen LogP contribution in [0.3, 0.4) is 0 Å². The van der Waals surface area contributed by atoms with Crippen LogP contribution in [0.1, 0.15) is 91.4 Å². The molecule has 1 atom stereocenters. The normalized spacial score (nSPS) is 13.1. The van der Waals surface area contributed by atoms with E-state index in [4.69, 9.17) is 1.37 Å². The van der Waals surface area contributed by atoms with E-state index in [2.05, 4.69) is 31.8 Å². The number of carbonyl (C=O) groups excluding carboxylic acids is 1. The number of carbonyl (C=O) groups is 1. The summed E-state index contributed by atoms with van der Waals surface area (Å²) in [5.41, 5.74) is 3.83. The monoisotopic (exact) mass is 844 g/mol. The Hall–Kier alpha value is -2.80. The summed E-state index contributed by atoms with van der Waals surface area (Å²) in [6.45, 7) is 18.1. The van der Waals surface area contributed by atoms with Crippen molar-refractivity contribution in [2.24, 2.45) is 17.3 Å². The Morgan fingerprint density at radius 2 is 1.68 bits per heavy atom. The smallest absolute Gasteiger partial charge is 0.418 e. The second-order valence-electron chi connectivity index (χ2n) is 13.2. The summed E-state index contributed by atoms with van der Waals surface area (Å²) in [6.07, 6.45) is 1.41. The third-order valence-corrected chi connectivity index (χ3v) is 9.20. The van der Waals surface area contributed by atoms with Crippen LogP contribution in [-0.2, 0) is 37.5 Å². The maximum atomic E-state index is 14.3. The van der Waals surface area contributed by atoms with Crippen molar-refractivity contribution in [3.05, 3.63) is 88.8 Å². The summed E-state index contributed by atoms with van der Waals surface area (Å²) in [5.74, 6) is 0.451. The number of thiophene rings is 1. The molecule has 0 fully saturated rings. The number of hydrogen-bond acceptors (Lipinski definition) is 4. The van der Waals surface area contributed by atoms with E-state index >= 15 is 0 Å². The molecule has 0 aliphatic rings. The van der Waals surface area contributed by atoms with Crippen molar-refractivity contribution >= 4 is 27.2 Å². The van der Waals surface area contributed by atoms with Gasteiger partial charge in [-0.2, -0.15) is 13.2 Å². The number of pyridine rings is 1. The second kappa shape index (κ2) is 17.0. The number of nitrogens with zero attached hydrogens (tertiary/aromatic N) is 1. The van der Waals surface area contributed by atoms with Gasteiger partial charge in [0.15, 0.2) is 5.78 Å². The topological polar surface area (TPSA) is 50.2 Å². The fraction of sp³-hybridized carbons (Fsp3) is 0.436. The van der Waals surface area contributed by atoms with E-state index in [1.54, 1.807) is 12.1 Å². The van der Waals surface area contributed by atoms with Gasteiger partial charge >= 0.3 is 6.18 Å². The van der Waals surface area contributed by atoms with Gasteiger partial charge in [-0.25, -0.2) is 0 Å². The van der Waals surface area contributed by atoms with Crippen LogP contribution < -0.4 is 0 Å². The number of fused-ring (bicyclic) bond motifs is 1. The first-order chi connectivity index (χ1) is 21.9. The molecule has 47 heavy (non-hydrogen) atoms. The van der Waals surface area contributed by atoms with Crippen LogP contribution in [0.15, 0.2) is 60.5 Å². The van der Waals surface area contributed by atoms with E-state index in [0.29, 0.717) is 21.5 Å². The Balaban J connectivity index is 0.000000454. The summed E-state index contributed by atoms with van der Waals surface area (Å²) in [5, 5.41) is 9.47. The number of aliphatic hydroxyl groups excluding tert-OH is 1. The molecule has 2 aromatic heterocycles. The van der Waals surface area contributed by atoms with Gasteiger partial charge in [0.05, 0.1) is 12.7 Å². The van der Waals surface area contributed by atoms with Crippen molar-refractivity contribution in [2.45, 2.75) is 94.2 Å². The molecule has 1 radical (unpaired) electrons. The van der Waals surface area contributed by atoms with E-state index in [1.165, 1.54) is 12.3 Å². The number of aliphatic hydroxyl groups is 1. The maximum Gasteiger partial charge on any atom is 0.418 e. The predicted molar refractivity (Wildman–Crippen MR) is 186 cm³/mol. The zero-order valence-corrected chi connectivity index (χ0v) is 32.0. The van der Waals surface area contributed by atoms with Crippen LogP contribution in [0.4, 0.5) is 13.2 Å². The number of benzene rings is 2. The SMILES string of the molecule is CCC(CC)C(=O)/C=C(\O)C(C)CC.[2H]c1cnc(-c2[c-]c(C)cc(C)c2)c2sc(-c3ccc(CC(C)(C)C)cc3)c(C(F)(F)F)c12.[Ir]. The van der Waals surface area contributed by atoms with Crippen molar-refractivity contribution in [3.8, 4) is 21.7 Å². The molecule has 0 spiro atoms.